The van der Waals surface area contributed by atoms with Crippen LogP contribution in [0.4, 0.5) is 27.8 Å². The van der Waals surface area contributed by atoms with Crippen LogP contribution < -0.4 is 20.7 Å². The van der Waals surface area contributed by atoms with Crippen LogP contribution in [-0.2, 0) is 17.7 Å². The van der Waals surface area contributed by atoms with E-state index in [2.05, 4.69) is 34.4 Å². The molecule has 0 unspecified atom stereocenters. The maximum absolute atomic E-state index is 12.3. The zero-order valence-electron chi connectivity index (χ0n) is 19.1. The summed E-state index contributed by atoms with van der Waals surface area (Å²) in [4.78, 5) is 25.4. The first-order valence-electron chi connectivity index (χ1n) is 11.1. The van der Waals surface area contributed by atoms with Gasteiger partial charge in [0.1, 0.15) is 12.4 Å². The molecule has 9 nitrogen and oxygen atoms in total. The SMILES string of the molecule is CC[C@@H]1COC(=O)N1c1cc(N)c2cnc(Nc3cc4c(cc3OC)CCN(C)C4)nc2c1. The summed E-state index contributed by atoms with van der Waals surface area (Å²) in [5.41, 5.74) is 11.5. The molecule has 3 heterocycles. The third-order valence-electron chi connectivity index (χ3n) is 6.40. The Morgan fingerprint density at radius 3 is 2.91 bits per heavy atom. The van der Waals surface area contributed by atoms with Gasteiger partial charge in [-0.3, -0.25) is 4.90 Å². The standard InChI is InChI=1S/C24H28N6O3/c1-4-16-13-33-24(31)30(16)17-9-19(25)18-11-26-23(27-20(18)10-17)28-21-7-15-12-29(2)6-5-14(15)8-22(21)32-3/h7-11,16H,4-6,12-13,25H2,1-3H3,(H,26,27,28)/t16-/m1/s1. The summed E-state index contributed by atoms with van der Waals surface area (Å²) in [7, 11) is 3.78. The molecular weight excluding hydrogens is 420 g/mol. The van der Waals surface area contributed by atoms with Gasteiger partial charge in [-0.1, -0.05) is 6.92 Å². The van der Waals surface area contributed by atoms with E-state index in [1.54, 1.807) is 24.3 Å². The lowest BCUT2D eigenvalue weighted by Gasteiger charge is -2.26. The monoisotopic (exact) mass is 448 g/mol. The van der Waals surface area contributed by atoms with Gasteiger partial charge >= 0.3 is 6.09 Å². The van der Waals surface area contributed by atoms with Crippen LogP contribution in [0.1, 0.15) is 24.5 Å². The highest BCUT2D eigenvalue weighted by Crippen LogP contribution is 2.34. The van der Waals surface area contributed by atoms with Crippen LogP contribution in [0.15, 0.2) is 30.5 Å². The van der Waals surface area contributed by atoms with Crippen molar-refractivity contribution >= 4 is 40.0 Å². The molecule has 0 saturated carbocycles. The molecule has 3 N–H and O–H groups in total. The molecule has 0 bridgehead atoms. The molecule has 2 aliphatic heterocycles. The van der Waals surface area contributed by atoms with Gasteiger partial charge in [0.05, 0.1) is 30.0 Å². The summed E-state index contributed by atoms with van der Waals surface area (Å²) in [5, 5.41) is 4.03. The molecule has 1 atom stereocenters. The average molecular weight is 449 g/mol. The molecule has 33 heavy (non-hydrogen) atoms. The molecule has 3 aromatic rings. The fraction of sp³-hybridized carbons (Fsp3) is 0.375. The Bertz CT molecular complexity index is 1230. The Hall–Kier alpha value is -3.59. The molecule has 0 aliphatic carbocycles. The molecule has 1 saturated heterocycles. The maximum atomic E-state index is 12.3. The zero-order chi connectivity index (χ0) is 23.1. The second kappa shape index (κ2) is 8.40. The Morgan fingerprint density at radius 2 is 2.12 bits per heavy atom. The van der Waals surface area contributed by atoms with Gasteiger partial charge in [0.25, 0.3) is 0 Å². The topological polar surface area (TPSA) is 106 Å². The minimum atomic E-state index is -0.364. The van der Waals surface area contributed by atoms with Crippen LogP contribution in [0.5, 0.6) is 5.75 Å². The number of rotatable bonds is 5. The van der Waals surface area contributed by atoms with E-state index in [9.17, 15) is 4.79 Å². The number of aromatic nitrogens is 2. The van der Waals surface area contributed by atoms with Gasteiger partial charge in [-0.05, 0) is 55.3 Å². The van der Waals surface area contributed by atoms with Crippen molar-refractivity contribution in [3.05, 3.63) is 41.6 Å². The molecule has 1 fully saturated rings. The Labute approximate surface area is 192 Å². The van der Waals surface area contributed by atoms with Crippen LogP contribution in [0.3, 0.4) is 0 Å². The number of likely N-dealkylation sites (N-methyl/N-ethyl adjacent to an activating group) is 1. The molecule has 1 aromatic heterocycles. The second-order valence-electron chi connectivity index (χ2n) is 8.60. The summed E-state index contributed by atoms with van der Waals surface area (Å²) in [6.07, 6.45) is 3.11. The van der Waals surface area contributed by atoms with Crippen LogP contribution in [-0.4, -0.2) is 54.3 Å². The fourth-order valence-corrected chi connectivity index (χ4v) is 4.54. The number of ether oxygens (including phenoxy) is 2. The number of benzene rings is 2. The molecule has 9 heteroatoms. The molecule has 2 aliphatic rings. The van der Waals surface area contributed by atoms with Crippen molar-refractivity contribution in [3.8, 4) is 5.75 Å². The lowest BCUT2D eigenvalue weighted by atomic mass is 9.99. The van der Waals surface area contributed by atoms with Crippen LogP contribution in [0, 0.1) is 0 Å². The van der Waals surface area contributed by atoms with Gasteiger partial charge in [0.15, 0.2) is 0 Å². The van der Waals surface area contributed by atoms with E-state index in [1.807, 2.05) is 13.0 Å². The third-order valence-corrected chi connectivity index (χ3v) is 6.40. The predicted molar refractivity (Wildman–Crippen MR) is 128 cm³/mol. The van der Waals surface area contributed by atoms with Gasteiger partial charge < -0.3 is 25.4 Å². The summed E-state index contributed by atoms with van der Waals surface area (Å²) in [6, 6.07) is 7.80. The summed E-state index contributed by atoms with van der Waals surface area (Å²) in [6.45, 7) is 4.32. The molecule has 0 radical (unpaired) electrons. The number of nitrogens with zero attached hydrogens (tertiary/aromatic N) is 4. The van der Waals surface area contributed by atoms with Crippen LogP contribution in [0.2, 0.25) is 0 Å². The van der Waals surface area contributed by atoms with Crippen molar-refractivity contribution in [1.82, 2.24) is 14.9 Å². The van der Waals surface area contributed by atoms with E-state index < -0.39 is 0 Å². The van der Waals surface area contributed by atoms with Crippen LogP contribution >= 0.6 is 0 Å². The number of amides is 1. The Balaban J connectivity index is 1.51. The Kier molecular flexibility index (Phi) is 5.41. The predicted octanol–water partition coefficient (Wildman–Crippen LogP) is 3.69. The number of hydrogen-bond donors (Lipinski definition) is 2. The lowest BCUT2D eigenvalue weighted by Crippen LogP contribution is -2.32. The minimum absolute atomic E-state index is 0.0216. The highest BCUT2D eigenvalue weighted by Gasteiger charge is 2.33. The van der Waals surface area contributed by atoms with E-state index in [4.69, 9.17) is 20.2 Å². The van der Waals surface area contributed by atoms with E-state index in [0.717, 1.165) is 42.8 Å². The number of carbonyl (C=O) groups excluding carboxylic acids is 1. The van der Waals surface area contributed by atoms with Crippen molar-refractivity contribution in [3.63, 3.8) is 0 Å². The number of methoxy groups -OCH3 is 1. The van der Waals surface area contributed by atoms with Crippen LogP contribution in [0.25, 0.3) is 10.9 Å². The largest absolute Gasteiger partial charge is 0.495 e. The molecule has 0 spiro atoms. The van der Waals surface area contributed by atoms with Gasteiger partial charge in [0, 0.05) is 30.4 Å². The number of hydrogen-bond acceptors (Lipinski definition) is 8. The normalized spacial score (nSPS) is 18.3. The van der Waals surface area contributed by atoms with Gasteiger partial charge in [-0.25, -0.2) is 14.8 Å². The molecule has 172 valence electrons. The van der Waals surface area contributed by atoms with Gasteiger partial charge in [0.2, 0.25) is 5.95 Å². The number of nitrogens with two attached hydrogens (primary N) is 1. The van der Waals surface area contributed by atoms with E-state index >= 15 is 0 Å². The third kappa shape index (κ3) is 3.89. The fourth-order valence-electron chi connectivity index (χ4n) is 4.54. The highest BCUT2D eigenvalue weighted by atomic mass is 16.6. The maximum Gasteiger partial charge on any atom is 0.414 e. The highest BCUT2D eigenvalue weighted by molar-refractivity contribution is 5.98. The number of anilines is 4. The number of nitrogens with one attached hydrogen (secondary N) is 1. The zero-order valence-corrected chi connectivity index (χ0v) is 19.1. The van der Waals surface area contributed by atoms with E-state index in [1.165, 1.54) is 11.1 Å². The van der Waals surface area contributed by atoms with Crippen molar-refractivity contribution < 1.29 is 14.3 Å². The smallest absolute Gasteiger partial charge is 0.414 e. The van der Waals surface area contributed by atoms with E-state index in [0.29, 0.717) is 29.4 Å². The lowest BCUT2D eigenvalue weighted by molar-refractivity contribution is 0.178. The number of carbonyl (C=O) groups is 1. The molecule has 1 amide bonds. The quantitative estimate of drug-likeness (QED) is 0.570. The first-order chi connectivity index (χ1) is 16.0. The molecule has 2 aromatic carbocycles. The molecular formula is C24H28N6O3. The summed E-state index contributed by atoms with van der Waals surface area (Å²) >= 11 is 0. The summed E-state index contributed by atoms with van der Waals surface area (Å²) in [5.74, 6) is 1.18. The number of fused-ring (bicyclic) bond motifs is 2. The van der Waals surface area contributed by atoms with Crippen molar-refractivity contribution in [2.24, 2.45) is 0 Å². The van der Waals surface area contributed by atoms with Gasteiger partial charge in [-0.2, -0.15) is 0 Å². The summed E-state index contributed by atoms with van der Waals surface area (Å²) < 4.78 is 10.9. The van der Waals surface area contributed by atoms with Crippen molar-refractivity contribution in [2.45, 2.75) is 32.4 Å². The minimum Gasteiger partial charge on any atom is -0.495 e. The van der Waals surface area contributed by atoms with E-state index in [-0.39, 0.29) is 12.1 Å². The first-order valence-corrected chi connectivity index (χ1v) is 11.1. The number of nitrogen functional groups attached to an aromatic ring is 1. The van der Waals surface area contributed by atoms with Crippen molar-refractivity contribution in [1.29, 1.82) is 0 Å². The first kappa shape index (κ1) is 21.3. The second-order valence-corrected chi connectivity index (χ2v) is 8.60. The average Bonchev–Trinajstić information content (AvgIpc) is 3.18. The number of cyclic esters (lactones) is 1. The van der Waals surface area contributed by atoms with Gasteiger partial charge in [-0.15, -0.1) is 0 Å². The van der Waals surface area contributed by atoms with Crippen molar-refractivity contribution in [2.75, 3.05) is 43.3 Å². The Morgan fingerprint density at radius 1 is 1.27 bits per heavy atom. The molecule has 5 rings (SSSR count).